The summed E-state index contributed by atoms with van der Waals surface area (Å²) in [6.07, 6.45) is 0. The van der Waals surface area contributed by atoms with E-state index in [1.165, 1.54) is 0 Å². The van der Waals surface area contributed by atoms with Crippen LogP contribution in [0.5, 0.6) is 0 Å². The first-order valence-corrected chi connectivity index (χ1v) is 5.81. The molecule has 0 atom stereocenters. The number of hydrogen-bond donors (Lipinski definition) is 2. The number of nitrogens with one attached hydrogen (secondary N) is 1. The van der Waals surface area contributed by atoms with Gasteiger partial charge in [-0.25, -0.2) is 0 Å². The lowest BCUT2D eigenvalue weighted by Crippen LogP contribution is -2.56. The standard InChI is InChI=1S/C12H15ClN2O2/c1-8-4-9(13)2-3-10(8)15-11(16)12(5-14)6-17-7-12/h2-4H,5-7,14H2,1H3,(H,15,16). The first-order chi connectivity index (χ1) is 8.07. The SMILES string of the molecule is Cc1cc(Cl)ccc1NC(=O)C1(CN)COC1. The number of anilines is 1. The van der Waals surface area contributed by atoms with Gasteiger partial charge in [-0.3, -0.25) is 4.79 Å². The van der Waals surface area contributed by atoms with E-state index in [1.807, 2.05) is 13.0 Å². The first-order valence-electron chi connectivity index (χ1n) is 5.43. The second-order valence-corrected chi connectivity index (χ2v) is 4.83. The normalized spacial score (nSPS) is 17.4. The van der Waals surface area contributed by atoms with Crippen molar-refractivity contribution in [2.45, 2.75) is 6.92 Å². The van der Waals surface area contributed by atoms with Gasteiger partial charge in [0.05, 0.1) is 13.2 Å². The Morgan fingerprint density at radius 1 is 1.59 bits per heavy atom. The minimum Gasteiger partial charge on any atom is -0.379 e. The van der Waals surface area contributed by atoms with E-state index in [0.29, 0.717) is 24.8 Å². The molecule has 1 heterocycles. The molecule has 0 spiro atoms. The zero-order valence-corrected chi connectivity index (χ0v) is 10.4. The largest absolute Gasteiger partial charge is 0.379 e. The number of rotatable bonds is 3. The maximum Gasteiger partial charge on any atom is 0.236 e. The summed E-state index contributed by atoms with van der Waals surface area (Å²) in [7, 11) is 0. The Kier molecular flexibility index (Phi) is 3.38. The Morgan fingerprint density at radius 3 is 2.76 bits per heavy atom. The average molecular weight is 255 g/mol. The summed E-state index contributed by atoms with van der Waals surface area (Å²) in [4.78, 5) is 12.1. The van der Waals surface area contributed by atoms with Crippen molar-refractivity contribution >= 4 is 23.2 Å². The molecule has 0 radical (unpaired) electrons. The van der Waals surface area contributed by atoms with Crippen LogP contribution >= 0.6 is 11.6 Å². The van der Waals surface area contributed by atoms with Crippen LogP contribution in [0.25, 0.3) is 0 Å². The first kappa shape index (κ1) is 12.4. The van der Waals surface area contributed by atoms with E-state index in [9.17, 15) is 4.79 Å². The smallest absolute Gasteiger partial charge is 0.236 e. The fourth-order valence-corrected chi connectivity index (χ4v) is 1.94. The molecule has 3 N–H and O–H groups in total. The van der Waals surface area contributed by atoms with Crippen molar-refractivity contribution < 1.29 is 9.53 Å². The number of amides is 1. The Bertz CT molecular complexity index is 439. The number of hydrogen-bond acceptors (Lipinski definition) is 3. The van der Waals surface area contributed by atoms with Crippen LogP contribution in [0.3, 0.4) is 0 Å². The van der Waals surface area contributed by atoms with Crippen LogP contribution in [0.4, 0.5) is 5.69 Å². The molecular formula is C12H15ClN2O2. The molecule has 5 heteroatoms. The van der Waals surface area contributed by atoms with Crippen molar-refractivity contribution in [3.8, 4) is 0 Å². The van der Waals surface area contributed by atoms with E-state index in [0.717, 1.165) is 11.3 Å². The van der Waals surface area contributed by atoms with Gasteiger partial charge < -0.3 is 15.8 Å². The fraction of sp³-hybridized carbons (Fsp3) is 0.417. The summed E-state index contributed by atoms with van der Waals surface area (Å²) in [6, 6.07) is 5.35. The monoisotopic (exact) mass is 254 g/mol. The van der Waals surface area contributed by atoms with Crippen LogP contribution in [0.15, 0.2) is 18.2 Å². The van der Waals surface area contributed by atoms with Gasteiger partial charge in [0.15, 0.2) is 0 Å². The molecule has 4 nitrogen and oxygen atoms in total. The van der Waals surface area contributed by atoms with E-state index in [-0.39, 0.29) is 5.91 Å². The summed E-state index contributed by atoms with van der Waals surface area (Å²) >= 11 is 5.86. The van der Waals surface area contributed by atoms with Crippen molar-refractivity contribution in [3.63, 3.8) is 0 Å². The van der Waals surface area contributed by atoms with Gasteiger partial charge in [-0.05, 0) is 30.7 Å². The molecule has 1 saturated heterocycles. The number of benzene rings is 1. The van der Waals surface area contributed by atoms with Crippen molar-refractivity contribution in [1.82, 2.24) is 0 Å². The molecule has 0 unspecified atom stereocenters. The van der Waals surface area contributed by atoms with Crippen LogP contribution in [0.1, 0.15) is 5.56 Å². The lowest BCUT2D eigenvalue weighted by Gasteiger charge is -2.38. The molecule has 1 aromatic rings. The number of aryl methyl sites for hydroxylation is 1. The number of halogens is 1. The Morgan fingerprint density at radius 2 is 2.29 bits per heavy atom. The number of carbonyl (C=O) groups is 1. The fourth-order valence-electron chi connectivity index (χ4n) is 1.71. The minimum absolute atomic E-state index is 0.0864. The molecule has 1 aromatic carbocycles. The zero-order chi connectivity index (χ0) is 12.5. The Balaban J connectivity index is 2.13. The summed E-state index contributed by atoms with van der Waals surface area (Å²) in [5.74, 6) is -0.0864. The van der Waals surface area contributed by atoms with E-state index < -0.39 is 5.41 Å². The predicted octanol–water partition coefficient (Wildman–Crippen LogP) is 1.56. The van der Waals surface area contributed by atoms with Crippen LogP contribution in [0, 0.1) is 12.3 Å². The molecule has 17 heavy (non-hydrogen) atoms. The van der Waals surface area contributed by atoms with Crippen LogP contribution in [0.2, 0.25) is 5.02 Å². The molecule has 0 bridgehead atoms. The highest BCUT2D eigenvalue weighted by Crippen LogP contribution is 2.29. The van der Waals surface area contributed by atoms with Crippen LogP contribution in [-0.2, 0) is 9.53 Å². The molecule has 1 amide bonds. The number of ether oxygens (including phenoxy) is 1. The molecule has 0 saturated carbocycles. The van der Waals surface area contributed by atoms with E-state index in [1.54, 1.807) is 12.1 Å². The predicted molar refractivity (Wildman–Crippen MR) is 67.1 cm³/mol. The lowest BCUT2D eigenvalue weighted by molar-refractivity contribution is -0.153. The summed E-state index contributed by atoms with van der Waals surface area (Å²) in [5, 5.41) is 3.53. The molecule has 1 fully saturated rings. The van der Waals surface area contributed by atoms with E-state index in [2.05, 4.69) is 5.32 Å². The molecule has 0 aromatic heterocycles. The Labute approximate surface area is 105 Å². The topological polar surface area (TPSA) is 64.4 Å². The maximum absolute atomic E-state index is 12.1. The third-order valence-electron chi connectivity index (χ3n) is 3.07. The highest BCUT2D eigenvalue weighted by atomic mass is 35.5. The lowest BCUT2D eigenvalue weighted by atomic mass is 9.85. The van der Waals surface area contributed by atoms with Gasteiger partial charge in [-0.15, -0.1) is 0 Å². The third kappa shape index (κ3) is 2.29. The van der Waals surface area contributed by atoms with E-state index in [4.69, 9.17) is 22.1 Å². The van der Waals surface area contributed by atoms with Crippen molar-refractivity contribution in [2.75, 3.05) is 25.1 Å². The van der Waals surface area contributed by atoms with E-state index >= 15 is 0 Å². The summed E-state index contributed by atoms with van der Waals surface area (Å²) < 4.78 is 5.08. The number of carbonyl (C=O) groups excluding carboxylic acids is 1. The third-order valence-corrected chi connectivity index (χ3v) is 3.30. The summed E-state index contributed by atoms with van der Waals surface area (Å²) in [6.45, 7) is 2.98. The molecule has 1 aliphatic rings. The second kappa shape index (κ2) is 4.64. The van der Waals surface area contributed by atoms with Gasteiger partial charge >= 0.3 is 0 Å². The second-order valence-electron chi connectivity index (χ2n) is 4.39. The molecule has 0 aliphatic carbocycles. The van der Waals surface area contributed by atoms with Crippen LogP contribution < -0.4 is 11.1 Å². The van der Waals surface area contributed by atoms with Crippen molar-refractivity contribution in [1.29, 1.82) is 0 Å². The molecule has 92 valence electrons. The highest BCUT2D eigenvalue weighted by molar-refractivity contribution is 6.30. The van der Waals surface area contributed by atoms with Gasteiger partial charge in [-0.1, -0.05) is 11.6 Å². The van der Waals surface area contributed by atoms with Gasteiger partial charge in [0.2, 0.25) is 5.91 Å². The Hall–Kier alpha value is -1.10. The molecule has 2 rings (SSSR count). The van der Waals surface area contributed by atoms with Gasteiger partial charge in [0.1, 0.15) is 5.41 Å². The van der Waals surface area contributed by atoms with Crippen molar-refractivity contribution in [3.05, 3.63) is 28.8 Å². The summed E-state index contributed by atoms with van der Waals surface area (Å²) in [5.41, 5.74) is 6.75. The molecular weight excluding hydrogens is 240 g/mol. The minimum atomic E-state index is -0.563. The quantitative estimate of drug-likeness (QED) is 0.861. The highest BCUT2D eigenvalue weighted by Gasteiger charge is 2.44. The maximum atomic E-state index is 12.1. The van der Waals surface area contributed by atoms with Crippen LogP contribution in [-0.4, -0.2) is 25.7 Å². The van der Waals surface area contributed by atoms with Crippen molar-refractivity contribution in [2.24, 2.45) is 11.1 Å². The average Bonchev–Trinajstić information content (AvgIpc) is 2.21. The zero-order valence-electron chi connectivity index (χ0n) is 9.63. The molecule has 1 aliphatic heterocycles. The van der Waals surface area contributed by atoms with Gasteiger partial charge in [-0.2, -0.15) is 0 Å². The van der Waals surface area contributed by atoms with Gasteiger partial charge in [0.25, 0.3) is 0 Å². The van der Waals surface area contributed by atoms with Gasteiger partial charge in [0, 0.05) is 17.3 Å². The number of nitrogens with two attached hydrogens (primary N) is 1.